The molecule has 1 atom stereocenters. The number of amides is 2. The van der Waals surface area contributed by atoms with Crippen LogP contribution in [0.1, 0.15) is 53.7 Å². The first-order valence-electron chi connectivity index (χ1n) is 11.3. The van der Waals surface area contributed by atoms with Crippen LogP contribution >= 0.6 is 0 Å². The van der Waals surface area contributed by atoms with Crippen molar-refractivity contribution in [1.29, 1.82) is 0 Å². The van der Waals surface area contributed by atoms with Gasteiger partial charge < -0.3 is 14.5 Å². The van der Waals surface area contributed by atoms with Crippen molar-refractivity contribution in [3.63, 3.8) is 0 Å². The molecule has 1 saturated heterocycles. The predicted octanol–water partition coefficient (Wildman–Crippen LogP) is 3.59. The number of rotatable bonds is 5. The second kappa shape index (κ2) is 10.1. The second-order valence-electron chi connectivity index (χ2n) is 8.63. The Hall–Kier alpha value is -2.73. The Morgan fingerprint density at radius 2 is 1.84 bits per heavy atom. The van der Waals surface area contributed by atoms with E-state index in [0.29, 0.717) is 25.3 Å². The molecule has 4 rings (SSSR count). The van der Waals surface area contributed by atoms with Crippen LogP contribution in [0.2, 0.25) is 0 Å². The first-order valence-corrected chi connectivity index (χ1v) is 11.3. The third-order valence-corrected chi connectivity index (χ3v) is 6.26. The van der Waals surface area contributed by atoms with Crippen LogP contribution in [-0.2, 0) is 16.1 Å². The van der Waals surface area contributed by atoms with Crippen LogP contribution in [0.25, 0.3) is 0 Å². The molecule has 0 N–H and O–H groups in total. The van der Waals surface area contributed by atoms with Crippen LogP contribution in [0, 0.1) is 6.92 Å². The third kappa shape index (κ3) is 5.50. The van der Waals surface area contributed by atoms with Crippen molar-refractivity contribution in [3.8, 4) is 0 Å². The highest BCUT2D eigenvalue weighted by atomic mass is 16.5. The van der Waals surface area contributed by atoms with E-state index in [1.807, 2.05) is 48.2 Å². The Morgan fingerprint density at radius 3 is 2.55 bits per heavy atom. The van der Waals surface area contributed by atoms with Crippen LogP contribution in [-0.4, -0.2) is 58.4 Å². The van der Waals surface area contributed by atoms with E-state index >= 15 is 0 Å². The number of benzene rings is 1. The molecular weight excluding hydrogens is 390 g/mol. The molecule has 1 aliphatic carbocycles. The maximum atomic E-state index is 13.2. The highest BCUT2D eigenvalue weighted by Gasteiger charge is 2.35. The Morgan fingerprint density at radius 1 is 1.06 bits per heavy atom. The Bertz CT molecular complexity index is 879. The summed E-state index contributed by atoms with van der Waals surface area (Å²) < 4.78 is 6.25. The summed E-state index contributed by atoms with van der Waals surface area (Å²) in [6.07, 6.45) is 6.97. The molecule has 1 aliphatic heterocycles. The molecule has 1 aromatic carbocycles. The number of aryl methyl sites for hydroxylation is 1. The molecule has 0 radical (unpaired) electrons. The minimum atomic E-state index is -0.226. The molecule has 0 bridgehead atoms. The molecule has 2 aliphatic rings. The van der Waals surface area contributed by atoms with Crippen LogP contribution in [0.5, 0.6) is 0 Å². The summed E-state index contributed by atoms with van der Waals surface area (Å²) in [6, 6.07) is 13.9. The molecule has 2 fully saturated rings. The molecule has 0 unspecified atom stereocenters. The van der Waals surface area contributed by atoms with E-state index in [0.717, 1.165) is 36.9 Å². The molecule has 164 valence electrons. The van der Waals surface area contributed by atoms with Gasteiger partial charge in [-0.1, -0.05) is 49.6 Å². The van der Waals surface area contributed by atoms with E-state index in [4.69, 9.17) is 4.74 Å². The lowest BCUT2D eigenvalue weighted by Crippen LogP contribution is -2.46. The SMILES string of the molecule is Cc1ccc(C(=O)N2CC(=O)N(C3CCCCC3)C[C@H](OCc3ccccc3)C2)cn1. The Balaban J connectivity index is 1.52. The number of pyridine rings is 1. The van der Waals surface area contributed by atoms with Gasteiger partial charge in [0.25, 0.3) is 5.91 Å². The molecule has 6 nitrogen and oxygen atoms in total. The standard InChI is InChI=1S/C25H31N3O3/c1-19-12-13-21(14-26-19)25(30)27-15-23(31-18-20-8-4-2-5-9-20)16-28(24(29)17-27)22-10-6-3-7-11-22/h2,4-5,8-9,12-14,22-23H,3,6-7,10-11,15-18H2,1H3/t23-/m1/s1. The number of ether oxygens (including phenoxy) is 1. The van der Waals surface area contributed by atoms with E-state index < -0.39 is 0 Å². The van der Waals surface area contributed by atoms with Gasteiger partial charge in [0.2, 0.25) is 5.91 Å². The zero-order valence-corrected chi connectivity index (χ0v) is 18.2. The number of nitrogens with zero attached hydrogens (tertiary/aromatic N) is 3. The highest BCUT2D eigenvalue weighted by Crippen LogP contribution is 2.25. The summed E-state index contributed by atoms with van der Waals surface area (Å²) in [5.74, 6) is -0.147. The molecule has 2 aromatic rings. The summed E-state index contributed by atoms with van der Waals surface area (Å²) in [6.45, 7) is 3.38. The third-order valence-electron chi connectivity index (χ3n) is 6.26. The number of aromatic nitrogens is 1. The fourth-order valence-corrected chi connectivity index (χ4v) is 4.51. The summed E-state index contributed by atoms with van der Waals surface area (Å²) in [5, 5.41) is 0. The van der Waals surface area contributed by atoms with E-state index in [2.05, 4.69) is 4.98 Å². The van der Waals surface area contributed by atoms with Crippen LogP contribution < -0.4 is 0 Å². The fourth-order valence-electron chi connectivity index (χ4n) is 4.51. The summed E-state index contributed by atoms with van der Waals surface area (Å²) in [7, 11) is 0. The van der Waals surface area contributed by atoms with Crippen molar-refractivity contribution in [2.45, 2.75) is 57.8 Å². The van der Waals surface area contributed by atoms with E-state index in [1.165, 1.54) is 6.42 Å². The smallest absolute Gasteiger partial charge is 0.255 e. The number of carbonyl (C=O) groups is 2. The van der Waals surface area contributed by atoms with Gasteiger partial charge in [0.05, 0.1) is 18.3 Å². The first-order chi connectivity index (χ1) is 15.1. The van der Waals surface area contributed by atoms with Gasteiger partial charge in [-0.25, -0.2) is 0 Å². The normalized spacial score (nSPS) is 20.5. The van der Waals surface area contributed by atoms with Gasteiger partial charge in [-0.2, -0.15) is 0 Å². The largest absolute Gasteiger partial charge is 0.370 e. The quantitative estimate of drug-likeness (QED) is 0.740. The van der Waals surface area contributed by atoms with Crippen LogP contribution in [0.3, 0.4) is 0 Å². The molecule has 1 saturated carbocycles. The van der Waals surface area contributed by atoms with Crippen molar-refractivity contribution in [2.24, 2.45) is 0 Å². The number of hydrogen-bond donors (Lipinski definition) is 0. The molecular formula is C25H31N3O3. The van der Waals surface area contributed by atoms with Gasteiger partial charge in [0.15, 0.2) is 0 Å². The van der Waals surface area contributed by atoms with Crippen molar-refractivity contribution in [3.05, 3.63) is 65.5 Å². The minimum absolute atomic E-state index is 0.0196. The topological polar surface area (TPSA) is 62.7 Å². The molecule has 0 spiro atoms. The van der Waals surface area contributed by atoms with Gasteiger partial charge in [0, 0.05) is 31.0 Å². The maximum absolute atomic E-state index is 13.2. The van der Waals surface area contributed by atoms with Gasteiger partial charge in [-0.15, -0.1) is 0 Å². The first kappa shape index (κ1) is 21.5. The van der Waals surface area contributed by atoms with Gasteiger partial charge >= 0.3 is 0 Å². The van der Waals surface area contributed by atoms with Gasteiger partial charge in [-0.05, 0) is 37.5 Å². The lowest BCUT2D eigenvalue weighted by molar-refractivity contribution is -0.134. The number of hydrogen-bond acceptors (Lipinski definition) is 4. The Kier molecular flexibility index (Phi) is 6.97. The number of carbonyl (C=O) groups excluding carboxylic acids is 2. The molecule has 2 heterocycles. The van der Waals surface area contributed by atoms with E-state index in [-0.39, 0.29) is 30.5 Å². The van der Waals surface area contributed by atoms with Crippen molar-refractivity contribution >= 4 is 11.8 Å². The predicted molar refractivity (Wildman–Crippen MR) is 118 cm³/mol. The van der Waals surface area contributed by atoms with E-state index in [9.17, 15) is 9.59 Å². The van der Waals surface area contributed by atoms with Gasteiger partial charge in [0.1, 0.15) is 6.54 Å². The zero-order valence-electron chi connectivity index (χ0n) is 18.2. The minimum Gasteiger partial charge on any atom is -0.370 e. The average molecular weight is 422 g/mol. The average Bonchev–Trinajstić information content (AvgIpc) is 2.98. The van der Waals surface area contributed by atoms with Crippen molar-refractivity contribution in [2.75, 3.05) is 19.6 Å². The van der Waals surface area contributed by atoms with Crippen LogP contribution in [0.4, 0.5) is 0 Å². The van der Waals surface area contributed by atoms with Crippen LogP contribution in [0.15, 0.2) is 48.7 Å². The molecule has 2 amide bonds. The lowest BCUT2D eigenvalue weighted by Gasteiger charge is -2.34. The molecule has 1 aromatic heterocycles. The van der Waals surface area contributed by atoms with Crippen molar-refractivity contribution < 1.29 is 14.3 Å². The maximum Gasteiger partial charge on any atom is 0.255 e. The monoisotopic (exact) mass is 421 g/mol. The second-order valence-corrected chi connectivity index (χ2v) is 8.63. The Labute approximate surface area is 184 Å². The van der Waals surface area contributed by atoms with Crippen molar-refractivity contribution in [1.82, 2.24) is 14.8 Å². The van der Waals surface area contributed by atoms with E-state index in [1.54, 1.807) is 17.2 Å². The summed E-state index contributed by atoms with van der Waals surface area (Å²) in [4.78, 5) is 34.2. The summed E-state index contributed by atoms with van der Waals surface area (Å²) >= 11 is 0. The fraction of sp³-hybridized carbons (Fsp3) is 0.480. The molecule has 31 heavy (non-hydrogen) atoms. The van der Waals surface area contributed by atoms with Gasteiger partial charge in [-0.3, -0.25) is 14.6 Å². The lowest BCUT2D eigenvalue weighted by atomic mass is 9.94. The zero-order chi connectivity index (χ0) is 21.6. The molecule has 6 heteroatoms. The summed E-state index contributed by atoms with van der Waals surface area (Å²) in [5.41, 5.74) is 2.45. The highest BCUT2D eigenvalue weighted by molar-refractivity contribution is 5.96.